The Labute approximate surface area is 67.9 Å². The van der Waals surface area contributed by atoms with Crippen LogP contribution >= 0.6 is 0 Å². The second-order valence-corrected chi connectivity index (χ2v) is 3.29. The fourth-order valence-electron chi connectivity index (χ4n) is 1.54. The maximum Gasteiger partial charge on any atom is 0.305 e. The molecule has 1 aliphatic carbocycles. The monoisotopic (exact) mass is 156 g/mol. The van der Waals surface area contributed by atoms with Crippen LogP contribution in [0.4, 0.5) is 0 Å². The molecule has 0 saturated heterocycles. The third-order valence-corrected chi connectivity index (χ3v) is 2.35. The van der Waals surface area contributed by atoms with Crippen LogP contribution in [-0.4, -0.2) is 12.1 Å². The van der Waals surface area contributed by atoms with Crippen molar-refractivity contribution in [2.75, 3.05) is 0 Å². The van der Waals surface area contributed by atoms with Crippen molar-refractivity contribution >= 4 is 5.97 Å². The maximum absolute atomic E-state index is 10.9. The number of carbonyl (C=O) groups is 1. The van der Waals surface area contributed by atoms with Gasteiger partial charge >= 0.3 is 5.97 Å². The minimum atomic E-state index is -0.0521. The summed E-state index contributed by atoms with van der Waals surface area (Å²) in [5, 5.41) is 0. The molecule has 1 aliphatic rings. The second-order valence-electron chi connectivity index (χ2n) is 3.29. The lowest BCUT2D eigenvalue weighted by molar-refractivity contribution is -0.150. The van der Waals surface area contributed by atoms with Gasteiger partial charge in [-0.25, -0.2) is 0 Å². The van der Waals surface area contributed by atoms with Crippen molar-refractivity contribution in [3.05, 3.63) is 0 Å². The third kappa shape index (κ3) is 2.21. The van der Waals surface area contributed by atoms with E-state index in [0.29, 0.717) is 12.3 Å². The van der Waals surface area contributed by atoms with Gasteiger partial charge < -0.3 is 4.74 Å². The Hall–Kier alpha value is -0.530. The average molecular weight is 156 g/mol. The molecule has 1 fully saturated rings. The summed E-state index contributed by atoms with van der Waals surface area (Å²) in [5.74, 6) is 0.522. The van der Waals surface area contributed by atoms with Crippen LogP contribution in [0.15, 0.2) is 0 Å². The lowest BCUT2D eigenvalue weighted by Gasteiger charge is -2.15. The molecule has 0 aromatic heterocycles. The van der Waals surface area contributed by atoms with E-state index in [2.05, 4.69) is 6.92 Å². The minimum absolute atomic E-state index is 0.0521. The Kier molecular flexibility index (Phi) is 2.92. The van der Waals surface area contributed by atoms with E-state index in [9.17, 15) is 4.79 Å². The first kappa shape index (κ1) is 8.57. The summed E-state index contributed by atoms with van der Waals surface area (Å²) < 4.78 is 5.23. The zero-order valence-electron chi connectivity index (χ0n) is 7.30. The van der Waals surface area contributed by atoms with Crippen LogP contribution in [0.5, 0.6) is 0 Å². The second kappa shape index (κ2) is 3.74. The van der Waals surface area contributed by atoms with Crippen LogP contribution < -0.4 is 0 Å². The molecule has 2 heteroatoms. The molecule has 0 amide bonds. The highest BCUT2D eigenvalue weighted by atomic mass is 16.5. The zero-order chi connectivity index (χ0) is 8.27. The van der Waals surface area contributed by atoms with Crippen LogP contribution in [0.1, 0.15) is 39.5 Å². The summed E-state index contributed by atoms with van der Waals surface area (Å²) in [7, 11) is 0. The molecule has 0 heterocycles. The average Bonchev–Trinajstić information content (AvgIpc) is 2.37. The molecule has 0 spiro atoms. The fraction of sp³-hybridized carbons (Fsp3) is 0.889. The first-order valence-electron chi connectivity index (χ1n) is 4.43. The zero-order valence-corrected chi connectivity index (χ0v) is 7.30. The van der Waals surface area contributed by atoms with Crippen LogP contribution in [0.3, 0.4) is 0 Å². The van der Waals surface area contributed by atoms with Crippen LogP contribution in [0.2, 0.25) is 0 Å². The van der Waals surface area contributed by atoms with E-state index in [1.807, 2.05) is 6.92 Å². The SMILES string of the molecule is CCC(=O)O[C@@H]1CCC[C@H]1C. The summed E-state index contributed by atoms with van der Waals surface area (Å²) in [6.07, 6.45) is 4.20. The lowest BCUT2D eigenvalue weighted by atomic mass is 10.1. The highest BCUT2D eigenvalue weighted by Gasteiger charge is 2.25. The van der Waals surface area contributed by atoms with Gasteiger partial charge in [0, 0.05) is 6.42 Å². The van der Waals surface area contributed by atoms with E-state index >= 15 is 0 Å². The van der Waals surface area contributed by atoms with Crippen molar-refractivity contribution in [2.24, 2.45) is 5.92 Å². The number of rotatable bonds is 2. The molecule has 1 rings (SSSR count). The maximum atomic E-state index is 10.9. The topological polar surface area (TPSA) is 26.3 Å². The van der Waals surface area contributed by atoms with Crippen molar-refractivity contribution in [3.8, 4) is 0 Å². The molecule has 1 saturated carbocycles. The highest BCUT2D eigenvalue weighted by molar-refractivity contribution is 5.69. The highest BCUT2D eigenvalue weighted by Crippen LogP contribution is 2.27. The lowest BCUT2D eigenvalue weighted by Crippen LogP contribution is -2.19. The van der Waals surface area contributed by atoms with Gasteiger partial charge in [-0.1, -0.05) is 13.8 Å². The summed E-state index contributed by atoms with van der Waals surface area (Å²) in [6, 6.07) is 0. The summed E-state index contributed by atoms with van der Waals surface area (Å²) in [4.78, 5) is 10.9. The van der Waals surface area contributed by atoms with E-state index in [1.165, 1.54) is 12.8 Å². The molecular weight excluding hydrogens is 140 g/mol. The quantitative estimate of drug-likeness (QED) is 0.572. The molecule has 0 aliphatic heterocycles. The Bertz CT molecular complexity index is 142. The van der Waals surface area contributed by atoms with Crippen molar-refractivity contribution in [2.45, 2.75) is 45.6 Å². The third-order valence-electron chi connectivity index (χ3n) is 2.35. The fourth-order valence-corrected chi connectivity index (χ4v) is 1.54. The molecule has 2 atom stereocenters. The standard InChI is InChI=1S/C9H16O2/c1-3-9(10)11-8-6-4-5-7(8)2/h7-8H,3-6H2,1-2H3/t7-,8-/m1/s1. The summed E-state index contributed by atoms with van der Waals surface area (Å²) in [6.45, 7) is 3.99. The van der Waals surface area contributed by atoms with Crippen LogP contribution in [-0.2, 0) is 9.53 Å². The first-order chi connectivity index (χ1) is 5.24. The number of esters is 1. The predicted molar refractivity (Wildman–Crippen MR) is 43.2 cm³/mol. The van der Waals surface area contributed by atoms with E-state index in [0.717, 1.165) is 6.42 Å². The molecule has 0 aromatic carbocycles. The number of ether oxygens (including phenoxy) is 1. The van der Waals surface area contributed by atoms with Crippen LogP contribution in [0, 0.1) is 5.92 Å². The molecule has 0 radical (unpaired) electrons. The molecular formula is C9H16O2. The normalized spacial score (nSPS) is 30.4. The predicted octanol–water partition coefficient (Wildman–Crippen LogP) is 2.13. The number of carbonyl (C=O) groups excluding carboxylic acids is 1. The molecule has 2 nitrogen and oxygen atoms in total. The van der Waals surface area contributed by atoms with Gasteiger partial charge in [0.15, 0.2) is 0 Å². The van der Waals surface area contributed by atoms with Crippen molar-refractivity contribution in [1.82, 2.24) is 0 Å². The molecule has 0 N–H and O–H groups in total. The first-order valence-corrected chi connectivity index (χ1v) is 4.43. The molecule has 0 aromatic rings. The Balaban J connectivity index is 2.30. The van der Waals surface area contributed by atoms with Gasteiger partial charge in [-0.3, -0.25) is 4.79 Å². The van der Waals surface area contributed by atoms with Gasteiger partial charge in [0.1, 0.15) is 6.10 Å². The van der Waals surface area contributed by atoms with Gasteiger partial charge in [-0.2, -0.15) is 0 Å². The van der Waals surface area contributed by atoms with Crippen molar-refractivity contribution < 1.29 is 9.53 Å². The van der Waals surface area contributed by atoms with E-state index < -0.39 is 0 Å². The van der Waals surface area contributed by atoms with E-state index in [-0.39, 0.29) is 12.1 Å². The smallest absolute Gasteiger partial charge is 0.305 e. The van der Waals surface area contributed by atoms with Gasteiger partial charge in [0.05, 0.1) is 0 Å². The van der Waals surface area contributed by atoms with Crippen LogP contribution in [0.25, 0.3) is 0 Å². The van der Waals surface area contributed by atoms with Gasteiger partial charge in [0.25, 0.3) is 0 Å². The largest absolute Gasteiger partial charge is 0.462 e. The molecule has 64 valence electrons. The Morgan fingerprint density at radius 3 is 2.73 bits per heavy atom. The molecule has 0 unspecified atom stereocenters. The van der Waals surface area contributed by atoms with Crippen molar-refractivity contribution in [3.63, 3.8) is 0 Å². The number of hydrogen-bond acceptors (Lipinski definition) is 2. The summed E-state index contributed by atoms with van der Waals surface area (Å²) >= 11 is 0. The molecule has 0 bridgehead atoms. The Morgan fingerprint density at radius 1 is 1.55 bits per heavy atom. The Morgan fingerprint density at radius 2 is 2.27 bits per heavy atom. The molecule has 11 heavy (non-hydrogen) atoms. The minimum Gasteiger partial charge on any atom is -0.462 e. The summed E-state index contributed by atoms with van der Waals surface area (Å²) in [5.41, 5.74) is 0. The van der Waals surface area contributed by atoms with Gasteiger partial charge in [0.2, 0.25) is 0 Å². The van der Waals surface area contributed by atoms with Crippen molar-refractivity contribution in [1.29, 1.82) is 0 Å². The van der Waals surface area contributed by atoms with E-state index in [1.54, 1.807) is 0 Å². The number of hydrogen-bond donors (Lipinski definition) is 0. The van der Waals surface area contributed by atoms with Gasteiger partial charge in [-0.05, 0) is 25.2 Å². The van der Waals surface area contributed by atoms with E-state index in [4.69, 9.17) is 4.74 Å². The van der Waals surface area contributed by atoms with Gasteiger partial charge in [-0.15, -0.1) is 0 Å².